The quantitative estimate of drug-likeness (QED) is 0.428. The Morgan fingerprint density at radius 3 is 2.53 bits per heavy atom. The zero-order valence-electron chi connectivity index (χ0n) is 16.9. The third kappa shape index (κ3) is 2.33. The predicted octanol–water partition coefficient (Wildman–Crippen LogP) is 5.82. The molecule has 2 aromatic heterocycles. The summed E-state index contributed by atoms with van der Waals surface area (Å²) in [6.45, 7) is 4.29. The molecule has 0 saturated carbocycles. The van der Waals surface area contributed by atoms with Crippen LogP contribution >= 0.6 is 0 Å². The molecule has 0 bridgehead atoms. The van der Waals surface area contributed by atoms with E-state index in [-0.39, 0.29) is 6.17 Å². The second kappa shape index (κ2) is 6.42. The van der Waals surface area contributed by atoms with Gasteiger partial charge in [-0.25, -0.2) is 15.0 Å². The molecule has 6 heteroatoms. The molecule has 0 unspecified atom stereocenters. The minimum atomic E-state index is -0.0141. The van der Waals surface area contributed by atoms with Crippen LogP contribution in [0, 0.1) is 6.92 Å². The first-order chi connectivity index (χ1) is 14.7. The average Bonchev–Trinajstić information content (AvgIpc) is 3.29. The van der Waals surface area contributed by atoms with E-state index in [0.29, 0.717) is 0 Å². The van der Waals surface area contributed by atoms with Crippen molar-refractivity contribution in [2.24, 2.45) is 4.99 Å². The summed E-state index contributed by atoms with van der Waals surface area (Å²) in [7, 11) is 0. The lowest BCUT2D eigenvalue weighted by atomic mass is 10.0. The molecule has 0 fully saturated rings. The molecule has 6 nitrogen and oxygen atoms in total. The molecule has 0 radical (unpaired) electrons. The largest absolute Gasteiger partial charge is 0.436 e. The zero-order valence-corrected chi connectivity index (χ0v) is 16.9. The van der Waals surface area contributed by atoms with Crippen molar-refractivity contribution >= 4 is 46.1 Å². The first-order valence-corrected chi connectivity index (χ1v) is 10.3. The summed E-state index contributed by atoms with van der Waals surface area (Å²) >= 11 is 0. The summed E-state index contributed by atoms with van der Waals surface area (Å²) in [6, 6.07) is 14.7. The lowest BCUT2D eigenvalue weighted by molar-refractivity contribution is 0.615. The Bertz CT molecular complexity index is 1290. The summed E-state index contributed by atoms with van der Waals surface area (Å²) < 4.78 is 6.31. The third-order valence-corrected chi connectivity index (χ3v) is 5.99. The van der Waals surface area contributed by atoms with E-state index in [1.54, 1.807) is 12.4 Å². The Labute approximate surface area is 174 Å². The molecule has 6 rings (SSSR count). The maximum Gasteiger partial charge on any atom is 0.222 e. The molecule has 1 atom stereocenters. The molecule has 0 amide bonds. The molecule has 4 heterocycles. The van der Waals surface area contributed by atoms with Crippen LogP contribution in [0.5, 0.6) is 0 Å². The Kier molecular flexibility index (Phi) is 3.68. The highest BCUT2D eigenvalue weighted by atomic mass is 16.3. The van der Waals surface area contributed by atoms with Crippen molar-refractivity contribution < 1.29 is 4.42 Å². The summed E-state index contributed by atoms with van der Waals surface area (Å²) in [5, 5.41) is 1.14. The van der Waals surface area contributed by atoms with Crippen LogP contribution in [0.1, 0.15) is 24.5 Å². The number of furan rings is 1. The van der Waals surface area contributed by atoms with Gasteiger partial charge in [0.15, 0.2) is 17.2 Å². The van der Waals surface area contributed by atoms with Gasteiger partial charge in [-0.1, -0.05) is 30.3 Å². The average molecular weight is 395 g/mol. The second-order valence-corrected chi connectivity index (χ2v) is 7.75. The molecule has 0 N–H and O–H groups in total. The van der Waals surface area contributed by atoms with Gasteiger partial charge in [0.05, 0.1) is 5.69 Å². The lowest BCUT2D eigenvalue weighted by Gasteiger charge is -2.30. The van der Waals surface area contributed by atoms with Gasteiger partial charge in [0.1, 0.15) is 6.17 Å². The predicted molar refractivity (Wildman–Crippen MR) is 120 cm³/mol. The van der Waals surface area contributed by atoms with E-state index in [9.17, 15) is 0 Å². The molecule has 0 saturated heterocycles. The molecule has 0 aliphatic carbocycles. The zero-order chi connectivity index (χ0) is 20.2. The number of aliphatic imine (C=N–C) groups is 1. The minimum absolute atomic E-state index is 0.0141. The van der Waals surface area contributed by atoms with Gasteiger partial charge >= 0.3 is 0 Å². The number of hydrogen-bond acceptors (Lipinski definition) is 6. The van der Waals surface area contributed by atoms with Gasteiger partial charge in [-0.15, -0.1) is 0 Å². The Morgan fingerprint density at radius 2 is 1.73 bits per heavy atom. The van der Waals surface area contributed by atoms with E-state index in [0.717, 1.165) is 58.3 Å². The first kappa shape index (κ1) is 17.2. The Balaban J connectivity index is 1.60. The molecule has 30 heavy (non-hydrogen) atoms. The molecule has 2 aliphatic heterocycles. The van der Waals surface area contributed by atoms with Crippen molar-refractivity contribution in [1.82, 2.24) is 9.97 Å². The van der Waals surface area contributed by atoms with Crippen molar-refractivity contribution in [3.05, 3.63) is 66.0 Å². The lowest BCUT2D eigenvalue weighted by Crippen LogP contribution is -2.36. The van der Waals surface area contributed by atoms with Crippen LogP contribution < -0.4 is 9.80 Å². The summed E-state index contributed by atoms with van der Waals surface area (Å²) in [6.07, 6.45) is 7.32. The fourth-order valence-electron chi connectivity index (χ4n) is 4.64. The highest BCUT2D eigenvalue weighted by Crippen LogP contribution is 2.49. The fraction of sp³-hybridized carbons (Fsp3) is 0.208. The summed E-state index contributed by atoms with van der Waals surface area (Å²) in [5.74, 6) is 2.42. The van der Waals surface area contributed by atoms with Crippen molar-refractivity contribution in [3.63, 3.8) is 0 Å². The molecule has 2 aromatic carbocycles. The molecule has 148 valence electrons. The normalized spacial score (nSPS) is 17.5. The van der Waals surface area contributed by atoms with E-state index in [2.05, 4.69) is 57.9 Å². The van der Waals surface area contributed by atoms with E-state index in [4.69, 9.17) is 9.40 Å². The monoisotopic (exact) mass is 395 g/mol. The van der Waals surface area contributed by atoms with Crippen LogP contribution in [0.4, 0.5) is 28.9 Å². The van der Waals surface area contributed by atoms with E-state index < -0.39 is 0 Å². The molecule has 2 aliphatic rings. The van der Waals surface area contributed by atoms with E-state index in [1.165, 1.54) is 5.56 Å². The topological polar surface area (TPSA) is 57.8 Å². The maximum atomic E-state index is 6.31. The summed E-state index contributed by atoms with van der Waals surface area (Å²) in [5.41, 5.74) is 5.32. The highest BCUT2D eigenvalue weighted by Gasteiger charge is 2.39. The first-order valence-electron chi connectivity index (χ1n) is 10.3. The number of rotatable bonds is 2. The van der Waals surface area contributed by atoms with Crippen molar-refractivity contribution in [2.45, 2.75) is 32.9 Å². The highest BCUT2D eigenvalue weighted by molar-refractivity contribution is 6.00. The van der Waals surface area contributed by atoms with Gasteiger partial charge in [0.25, 0.3) is 0 Å². The van der Waals surface area contributed by atoms with Gasteiger partial charge in [-0.05, 0) is 44.4 Å². The van der Waals surface area contributed by atoms with Gasteiger partial charge in [0.2, 0.25) is 5.88 Å². The van der Waals surface area contributed by atoms with Crippen LogP contribution in [0.3, 0.4) is 0 Å². The molecule has 0 spiro atoms. The van der Waals surface area contributed by atoms with E-state index in [1.807, 2.05) is 24.4 Å². The SMILES string of the molecule is Cc1ccc2c3c(oc2c1N1c2nccnc2N(c2ccccc2)[C@@H]1C)N=CCC3. The van der Waals surface area contributed by atoms with Gasteiger partial charge in [0, 0.05) is 35.2 Å². The Hall–Kier alpha value is -3.67. The maximum absolute atomic E-state index is 6.31. The number of nitrogens with zero attached hydrogens (tertiary/aromatic N) is 5. The van der Waals surface area contributed by atoms with Crippen molar-refractivity contribution in [1.29, 1.82) is 0 Å². The summed E-state index contributed by atoms with van der Waals surface area (Å²) in [4.78, 5) is 18.4. The van der Waals surface area contributed by atoms with Crippen LogP contribution in [0.2, 0.25) is 0 Å². The Morgan fingerprint density at radius 1 is 0.967 bits per heavy atom. The van der Waals surface area contributed by atoms with Gasteiger partial charge in [-0.3, -0.25) is 4.90 Å². The molecular formula is C24H21N5O. The van der Waals surface area contributed by atoms with Crippen molar-refractivity contribution in [3.8, 4) is 0 Å². The third-order valence-electron chi connectivity index (χ3n) is 5.99. The number of aromatic nitrogens is 2. The minimum Gasteiger partial charge on any atom is -0.436 e. The number of fused-ring (bicyclic) bond motifs is 4. The second-order valence-electron chi connectivity index (χ2n) is 7.75. The number of anilines is 4. The molecular weight excluding hydrogens is 374 g/mol. The fourth-order valence-corrected chi connectivity index (χ4v) is 4.64. The smallest absolute Gasteiger partial charge is 0.222 e. The van der Waals surface area contributed by atoms with E-state index >= 15 is 0 Å². The van der Waals surface area contributed by atoms with Crippen LogP contribution in [-0.4, -0.2) is 22.3 Å². The number of aryl methyl sites for hydroxylation is 2. The number of hydrogen-bond donors (Lipinski definition) is 0. The van der Waals surface area contributed by atoms with Gasteiger partial charge in [-0.2, -0.15) is 0 Å². The van der Waals surface area contributed by atoms with Crippen LogP contribution in [0.15, 0.2) is 64.3 Å². The standard InChI is InChI=1S/C24H21N5O/c1-15-10-11-18-19-9-6-12-27-24(19)30-21(18)20(15)29-16(2)28(17-7-4-3-5-8-17)22-23(29)26-14-13-25-22/h3-5,7-8,10-14,16H,6,9H2,1-2H3/t16-/m0/s1. The number of benzene rings is 2. The van der Waals surface area contributed by atoms with Gasteiger partial charge < -0.3 is 9.32 Å². The number of para-hydroxylation sites is 1. The van der Waals surface area contributed by atoms with Crippen molar-refractivity contribution in [2.75, 3.05) is 9.80 Å². The van der Waals surface area contributed by atoms with Crippen LogP contribution in [-0.2, 0) is 6.42 Å². The molecule has 4 aromatic rings. The van der Waals surface area contributed by atoms with Crippen LogP contribution in [0.25, 0.3) is 11.0 Å².